The molecule has 0 aliphatic rings. The Hall–Kier alpha value is -2.79. The van der Waals surface area contributed by atoms with Crippen LogP contribution in [-0.4, -0.2) is 7.11 Å². The van der Waals surface area contributed by atoms with Crippen LogP contribution in [0.5, 0.6) is 11.5 Å². The molecule has 3 aromatic carbocycles. The second-order valence-electron chi connectivity index (χ2n) is 5.88. The lowest BCUT2D eigenvalue weighted by molar-refractivity contribution is 0.306. The average molecular weight is 411 g/mol. The van der Waals surface area contributed by atoms with Crippen LogP contribution in [0.3, 0.4) is 0 Å². The Morgan fingerprint density at radius 2 is 1.73 bits per heavy atom. The van der Waals surface area contributed by atoms with Gasteiger partial charge in [-0.05, 0) is 48.0 Å². The summed E-state index contributed by atoms with van der Waals surface area (Å²) in [5.74, 6) is 1.27. The molecule has 5 heteroatoms. The zero-order valence-electron chi connectivity index (χ0n) is 14.0. The van der Waals surface area contributed by atoms with Gasteiger partial charge in [-0.15, -0.1) is 0 Å². The van der Waals surface area contributed by atoms with Crippen LogP contribution in [0.15, 0.2) is 74.3 Å². The lowest BCUT2D eigenvalue weighted by Gasteiger charge is -2.09. The van der Waals surface area contributed by atoms with Gasteiger partial charge in [-0.1, -0.05) is 28.1 Å². The molecular weight excluding hydrogens is 396 g/mol. The number of hydrogen-bond donors (Lipinski definition) is 0. The van der Waals surface area contributed by atoms with Crippen molar-refractivity contribution in [2.75, 3.05) is 7.11 Å². The van der Waals surface area contributed by atoms with Crippen molar-refractivity contribution in [1.29, 1.82) is 0 Å². The highest BCUT2D eigenvalue weighted by Gasteiger charge is 2.10. The first kappa shape index (κ1) is 16.7. The third-order valence-electron chi connectivity index (χ3n) is 4.19. The quantitative estimate of drug-likeness (QED) is 0.338. The van der Waals surface area contributed by atoms with Gasteiger partial charge in [0.25, 0.3) is 0 Å². The van der Waals surface area contributed by atoms with E-state index < -0.39 is 5.63 Å². The molecule has 0 spiro atoms. The second-order valence-corrected chi connectivity index (χ2v) is 6.79. The molecule has 1 heterocycles. The average Bonchev–Trinajstić information content (AvgIpc) is 2.66. The van der Waals surface area contributed by atoms with Gasteiger partial charge in [0.1, 0.15) is 23.7 Å². The van der Waals surface area contributed by atoms with Gasteiger partial charge in [0.05, 0.1) is 12.5 Å². The molecule has 130 valence electrons. The molecule has 0 saturated heterocycles. The molecule has 0 aliphatic carbocycles. The topological polar surface area (TPSA) is 48.7 Å². The zero-order chi connectivity index (χ0) is 18.1. The van der Waals surface area contributed by atoms with E-state index in [4.69, 9.17) is 13.9 Å². The van der Waals surface area contributed by atoms with Crippen LogP contribution < -0.4 is 15.1 Å². The van der Waals surface area contributed by atoms with E-state index in [1.54, 1.807) is 19.2 Å². The number of hydrogen-bond acceptors (Lipinski definition) is 4. The normalized spacial score (nSPS) is 11.0. The predicted octanol–water partition coefficient (Wildman–Crippen LogP) is 5.30. The summed E-state index contributed by atoms with van der Waals surface area (Å²) in [7, 11) is 1.57. The monoisotopic (exact) mass is 410 g/mol. The van der Waals surface area contributed by atoms with E-state index in [2.05, 4.69) is 15.9 Å². The number of methoxy groups -OCH3 is 1. The fourth-order valence-corrected chi connectivity index (χ4v) is 3.35. The Kier molecular flexibility index (Phi) is 4.39. The predicted molar refractivity (Wildman–Crippen MR) is 105 cm³/mol. The van der Waals surface area contributed by atoms with Crippen molar-refractivity contribution in [3.8, 4) is 11.5 Å². The van der Waals surface area contributed by atoms with Gasteiger partial charge in [-0.25, -0.2) is 4.79 Å². The first-order valence-corrected chi connectivity index (χ1v) is 8.85. The summed E-state index contributed by atoms with van der Waals surface area (Å²) in [6.45, 7) is 0.431. The Balaban J connectivity index is 1.71. The maximum Gasteiger partial charge on any atom is 0.344 e. The molecular formula is C21H15BrO4. The van der Waals surface area contributed by atoms with Gasteiger partial charge in [-0.2, -0.15) is 0 Å². The molecule has 4 aromatic rings. The van der Waals surface area contributed by atoms with Crippen LogP contribution >= 0.6 is 15.9 Å². The van der Waals surface area contributed by atoms with Crippen LogP contribution in [0.2, 0.25) is 0 Å². The number of rotatable bonds is 4. The molecule has 26 heavy (non-hydrogen) atoms. The van der Waals surface area contributed by atoms with E-state index in [1.807, 2.05) is 48.5 Å². The minimum atomic E-state index is -0.393. The lowest BCUT2D eigenvalue weighted by Crippen LogP contribution is -2.01. The second kappa shape index (κ2) is 6.84. The fourth-order valence-electron chi connectivity index (χ4n) is 2.90. The smallest absolute Gasteiger partial charge is 0.344 e. The number of fused-ring (bicyclic) bond motifs is 3. The number of ether oxygens (including phenoxy) is 2. The van der Waals surface area contributed by atoms with E-state index in [1.165, 1.54) is 0 Å². The standard InChI is InChI=1S/C21H15BrO4/c1-24-15-5-7-17-18-8-6-16(11-20(18)26-21(23)19(17)10-15)25-12-13-3-2-4-14(22)9-13/h2-11H,12H2,1H3. The van der Waals surface area contributed by atoms with Gasteiger partial charge in [0, 0.05) is 21.3 Å². The van der Waals surface area contributed by atoms with Crippen molar-refractivity contribution >= 4 is 37.7 Å². The molecule has 4 nitrogen and oxygen atoms in total. The van der Waals surface area contributed by atoms with Crippen molar-refractivity contribution in [3.63, 3.8) is 0 Å². The fraction of sp³-hybridized carbons (Fsp3) is 0.0952. The molecule has 0 N–H and O–H groups in total. The maximum absolute atomic E-state index is 12.3. The molecule has 0 atom stereocenters. The first-order valence-electron chi connectivity index (χ1n) is 8.06. The summed E-state index contributed by atoms with van der Waals surface area (Å²) >= 11 is 3.45. The van der Waals surface area contributed by atoms with E-state index in [9.17, 15) is 4.79 Å². The Morgan fingerprint density at radius 1 is 0.923 bits per heavy atom. The van der Waals surface area contributed by atoms with Crippen LogP contribution in [0.1, 0.15) is 5.56 Å². The summed E-state index contributed by atoms with van der Waals surface area (Å²) < 4.78 is 17.5. The van der Waals surface area contributed by atoms with Crippen molar-refractivity contribution in [1.82, 2.24) is 0 Å². The van der Waals surface area contributed by atoms with Gasteiger partial charge in [0.2, 0.25) is 0 Å². The number of benzene rings is 3. The minimum absolute atomic E-state index is 0.393. The summed E-state index contributed by atoms with van der Waals surface area (Å²) in [6.07, 6.45) is 0. The van der Waals surface area contributed by atoms with E-state index in [-0.39, 0.29) is 0 Å². The zero-order valence-corrected chi connectivity index (χ0v) is 15.6. The molecule has 0 unspecified atom stereocenters. The lowest BCUT2D eigenvalue weighted by atomic mass is 10.1. The summed E-state index contributed by atoms with van der Waals surface area (Å²) in [5, 5.41) is 2.19. The molecule has 0 radical (unpaired) electrons. The summed E-state index contributed by atoms with van der Waals surface area (Å²) in [5.41, 5.74) is 1.15. The van der Waals surface area contributed by atoms with Crippen LogP contribution in [0.25, 0.3) is 21.7 Å². The van der Waals surface area contributed by atoms with Gasteiger partial charge >= 0.3 is 5.63 Å². The third kappa shape index (κ3) is 3.18. The van der Waals surface area contributed by atoms with Gasteiger partial charge in [0.15, 0.2) is 0 Å². The van der Waals surface area contributed by atoms with Crippen molar-refractivity contribution in [3.05, 3.63) is 81.1 Å². The largest absolute Gasteiger partial charge is 0.497 e. The highest BCUT2D eigenvalue weighted by Crippen LogP contribution is 2.28. The summed E-state index contributed by atoms with van der Waals surface area (Å²) in [6, 6.07) is 18.9. The minimum Gasteiger partial charge on any atom is -0.497 e. The molecule has 0 fully saturated rings. The molecule has 1 aromatic heterocycles. The maximum atomic E-state index is 12.3. The Bertz CT molecular complexity index is 1160. The summed E-state index contributed by atoms with van der Waals surface area (Å²) in [4.78, 5) is 12.3. The number of halogens is 1. The highest BCUT2D eigenvalue weighted by atomic mass is 79.9. The van der Waals surface area contributed by atoms with Crippen LogP contribution in [-0.2, 0) is 6.61 Å². The molecule has 0 aliphatic heterocycles. The van der Waals surface area contributed by atoms with Crippen molar-refractivity contribution < 1.29 is 13.9 Å². The van der Waals surface area contributed by atoms with Gasteiger partial charge in [-0.3, -0.25) is 0 Å². The molecule has 0 bridgehead atoms. The highest BCUT2D eigenvalue weighted by molar-refractivity contribution is 9.10. The van der Waals surface area contributed by atoms with E-state index >= 15 is 0 Å². The molecule has 4 rings (SSSR count). The third-order valence-corrected chi connectivity index (χ3v) is 4.68. The van der Waals surface area contributed by atoms with Crippen LogP contribution in [0.4, 0.5) is 0 Å². The van der Waals surface area contributed by atoms with Gasteiger partial charge < -0.3 is 13.9 Å². The first-order chi connectivity index (χ1) is 12.6. The van der Waals surface area contributed by atoms with E-state index in [0.717, 1.165) is 20.8 Å². The van der Waals surface area contributed by atoms with Crippen LogP contribution in [0, 0.1) is 0 Å². The molecule has 0 amide bonds. The van der Waals surface area contributed by atoms with Crippen molar-refractivity contribution in [2.24, 2.45) is 0 Å². The Morgan fingerprint density at radius 3 is 2.54 bits per heavy atom. The Labute approximate surface area is 158 Å². The van der Waals surface area contributed by atoms with E-state index in [0.29, 0.717) is 29.1 Å². The van der Waals surface area contributed by atoms with Crippen molar-refractivity contribution in [2.45, 2.75) is 6.61 Å². The SMILES string of the molecule is COc1ccc2c(c1)c(=O)oc1cc(OCc3cccc(Br)c3)ccc12. The molecule has 0 saturated carbocycles.